The van der Waals surface area contributed by atoms with Crippen molar-refractivity contribution in [3.05, 3.63) is 59.2 Å². The summed E-state index contributed by atoms with van der Waals surface area (Å²) in [6.07, 6.45) is 3.22. The van der Waals surface area contributed by atoms with Gasteiger partial charge < -0.3 is 15.2 Å². The lowest BCUT2D eigenvalue weighted by molar-refractivity contribution is -0.144. The highest BCUT2D eigenvalue weighted by Crippen LogP contribution is 2.29. The number of carbonyl (C=O) groups excluding carboxylic acids is 1. The number of hydrogen-bond donors (Lipinski definition) is 2. The average molecular weight is 475 g/mol. The van der Waals surface area contributed by atoms with Gasteiger partial charge in [0.1, 0.15) is 17.4 Å². The summed E-state index contributed by atoms with van der Waals surface area (Å²) in [6, 6.07) is 8.82. The second-order valence-corrected chi connectivity index (χ2v) is 9.20. The number of nitrogens with one attached hydrogen (secondary N) is 1. The molecule has 34 heavy (non-hydrogen) atoms. The van der Waals surface area contributed by atoms with E-state index >= 15 is 0 Å². The van der Waals surface area contributed by atoms with Gasteiger partial charge in [-0.05, 0) is 61.9 Å². The van der Waals surface area contributed by atoms with E-state index in [9.17, 15) is 18.4 Å². The molecule has 2 aromatic rings. The van der Waals surface area contributed by atoms with Crippen LogP contribution >= 0.6 is 0 Å². The Labute approximate surface area is 198 Å². The minimum Gasteiger partial charge on any atom is -0.479 e. The standard InChI is InChI=1S/C26H32F2N2O4/c1-16-5-4-6-21(11-16)30(15-25(31)29-23-9-8-20(27)13-22(23)28)14-19-7-10-24(17(2)12-19)34-18(3)26(32)33/h7-10,12-13,16,18,21H,4-6,11,14-15H2,1-3H3,(H,29,31)(H,32,33). The van der Waals surface area contributed by atoms with Crippen molar-refractivity contribution in [2.24, 2.45) is 5.92 Å². The zero-order valence-corrected chi connectivity index (χ0v) is 19.8. The number of halogens is 2. The van der Waals surface area contributed by atoms with Crippen LogP contribution in [0.25, 0.3) is 0 Å². The molecule has 8 heteroatoms. The molecule has 1 aliphatic rings. The number of aryl methyl sites for hydroxylation is 1. The van der Waals surface area contributed by atoms with Gasteiger partial charge in [0.2, 0.25) is 5.91 Å². The number of amides is 1. The summed E-state index contributed by atoms with van der Waals surface area (Å²) in [5.74, 6) is -1.86. The van der Waals surface area contributed by atoms with Gasteiger partial charge in [-0.3, -0.25) is 9.69 Å². The molecule has 0 aromatic heterocycles. The van der Waals surface area contributed by atoms with Gasteiger partial charge in [-0.2, -0.15) is 0 Å². The van der Waals surface area contributed by atoms with E-state index in [4.69, 9.17) is 9.84 Å². The van der Waals surface area contributed by atoms with Crippen molar-refractivity contribution in [1.82, 2.24) is 4.90 Å². The van der Waals surface area contributed by atoms with Gasteiger partial charge in [0.15, 0.2) is 6.10 Å². The summed E-state index contributed by atoms with van der Waals surface area (Å²) in [5, 5.41) is 11.6. The first-order valence-electron chi connectivity index (χ1n) is 11.6. The van der Waals surface area contributed by atoms with Crippen LogP contribution in [-0.4, -0.2) is 40.6 Å². The monoisotopic (exact) mass is 474 g/mol. The van der Waals surface area contributed by atoms with E-state index in [0.717, 1.165) is 48.9 Å². The van der Waals surface area contributed by atoms with Gasteiger partial charge in [0.05, 0.1) is 12.2 Å². The van der Waals surface area contributed by atoms with E-state index < -0.39 is 23.7 Å². The molecule has 2 aromatic carbocycles. The quantitative estimate of drug-likeness (QED) is 0.526. The number of anilines is 1. The van der Waals surface area contributed by atoms with Crippen LogP contribution in [0.15, 0.2) is 36.4 Å². The highest BCUT2D eigenvalue weighted by Gasteiger charge is 2.27. The molecule has 0 aliphatic heterocycles. The van der Waals surface area contributed by atoms with Gasteiger partial charge in [-0.25, -0.2) is 13.6 Å². The minimum absolute atomic E-state index is 0.0479. The third-order valence-electron chi connectivity index (χ3n) is 6.25. The van der Waals surface area contributed by atoms with E-state index in [2.05, 4.69) is 17.1 Å². The van der Waals surface area contributed by atoms with Crippen LogP contribution in [0.2, 0.25) is 0 Å². The predicted octanol–water partition coefficient (Wildman–Crippen LogP) is 5.14. The Balaban J connectivity index is 1.74. The van der Waals surface area contributed by atoms with Crippen molar-refractivity contribution < 1.29 is 28.2 Å². The van der Waals surface area contributed by atoms with Crippen LogP contribution < -0.4 is 10.1 Å². The van der Waals surface area contributed by atoms with Crippen molar-refractivity contribution in [2.45, 2.75) is 65.1 Å². The first kappa shape index (κ1) is 25.6. The maximum atomic E-state index is 14.0. The van der Waals surface area contributed by atoms with Crippen molar-refractivity contribution >= 4 is 17.6 Å². The molecule has 1 amide bonds. The predicted molar refractivity (Wildman–Crippen MR) is 126 cm³/mol. The van der Waals surface area contributed by atoms with Crippen molar-refractivity contribution in [1.29, 1.82) is 0 Å². The fourth-order valence-corrected chi connectivity index (χ4v) is 4.43. The number of benzene rings is 2. The van der Waals surface area contributed by atoms with E-state index in [-0.39, 0.29) is 24.2 Å². The molecular weight excluding hydrogens is 442 g/mol. The molecule has 0 radical (unpaired) electrons. The van der Waals surface area contributed by atoms with Gasteiger partial charge in [0.25, 0.3) is 0 Å². The molecule has 0 spiro atoms. The lowest BCUT2D eigenvalue weighted by atomic mass is 9.86. The first-order chi connectivity index (χ1) is 16.1. The molecule has 3 rings (SSSR count). The number of ether oxygens (including phenoxy) is 1. The summed E-state index contributed by atoms with van der Waals surface area (Å²) >= 11 is 0. The lowest BCUT2D eigenvalue weighted by Crippen LogP contribution is -2.42. The summed E-state index contributed by atoms with van der Waals surface area (Å²) in [7, 11) is 0. The van der Waals surface area contributed by atoms with Crippen LogP contribution in [0.1, 0.15) is 50.7 Å². The number of carboxylic acids is 1. The van der Waals surface area contributed by atoms with E-state index in [1.54, 1.807) is 6.07 Å². The largest absolute Gasteiger partial charge is 0.479 e. The van der Waals surface area contributed by atoms with E-state index in [0.29, 0.717) is 18.2 Å². The lowest BCUT2D eigenvalue weighted by Gasteiger charge is -2.36. The Kier molecular flexibility index (Phi) is 8.61. The van der Waals surface area contributed by atoms with Crippen molar-refractivity contribution in [3.8, 4) is 5.75 Å². The summed E-state index contributed by atoms with van der Waals surface area (Å²) in [4.78, 5) is 26.0. The number of nitrogens with zero attached hydrogens (tertiary/aromatic N) is 1. The van der Waals surface area contributed by atoms with Gasteiger partial charge in [0, 0.05) is 18.7 Å². The van der Waals surface area contributed by atoms with Gasteiger partial charge in [-0.1, -0.05) is 31.9 Å². The summed E-state index contributed by atoms with van der Waals surface area (Å²) < 4.78 is 32.7. The highest BCUT2D eigenvalue weighted by molar-refractivity contribution is 5.92. The van der Waals surface area contributed by atoms with Crippen LogP contribution in [0.5, 0.6) is 5.75 Å². The molecule has 3 unspecified atom stereocenters. The molecule has 2 N–H and O–H groups in total. The summed E-state index contributed by atoms with van der Waals surface area (Å²) in [5.41, 5.74) is 1.72. The number of hydrogen-bond acceptors (Lipinski definition) is 4. The minimum atomic E-state index is -1.04. The fraction of sp³-hybridized carbons (Fsp3) is 0.462. The third kappa shape index (κ3) is 7.00. The Morgan fingerprint density at radius 1 is 1.21 bits per heavy atom. The Morgan fingerprint density at radius 3 is 2.62 bits per heavy atom. The molecule has 6 nitrogen and oxygen atoms in total. The molecule has 184 valence electrons. The molecule has 0 heterocycles. The van der Waals surface area contributed by atoms with Gasteiger partial charge >= 0.3 is 5.97 Å². The van der Waals surface area contributed by atoms with Gasteiger partial charge in [-0.15, -0.1) is 0 Å². The molecule has 1 fully saturated rings. The van der Waals surface area contributed by atoms with Crippen LogP contribution in [0.4, 0.5) is 14.5 Å². The third-order valence-corrected chi connectivity index (χ3v) is 6.25. The second kappa shape index (κ2) is 11.4. The maximum Gasteiger partial charge on any atom is 0.344 e. The Hall–Kier alpha value is -3.00. The number of carboxylic acid groups (broad SMARTS) is 1. The molecule has 0 bridgehead atoms. The normalized spacial score (nSPS) is 19.0. The summed E-state index contributed by atoms with van der Waals surface area (Å²) in [6.45, 7) is 6.11. The Bertz CT molecular complexity index is 1030. The molecule has 3 atom stereocenters. The Morgan fingerprint density at radius 2 is 1.97 bits per heavy atom. The number of aliphatic carboxylic acids is 1. The molecule has 1 saturated carbocycles. The molecule has 0 saturated heterocycles. The average Bonchev–Trinajstić information content (AvgIpc) is 2.77. The molecular formula is C26H32F2N2O4. The zero-order valence-electron chi connectivity index (χ0n) is 19.8. The topological polar surface area (TPSA) is 78.9 Å². The highest BCUT2D eigenvalue weighted by atomic mass is 19.1. The van der Waals surface area contributed by atoms with Crippen molar-refractivity contribution in [2.75, 3.05) is 11.9 Å². The first-order valence-corrected chi connectivity index (χ1v) is 11.6. The molecule has 1 aliphatic carbocycles. The van der Waals surface area contributed by atoms with Crippen LogP contribution in [-0.2, 0) is 16.1 Å². The number of carbonyl (C=O) groups is 2. The number of rotatable bonds is 9. The second-order valence-electron chi connectivity index (χ2n) is 9.20. The van der Waals surface area contributed by atoms with Crippen LogP contribution in [0, 0.1) is 24.5 Å². The fourth-order valence-electron chi connectivity index (χ4n) is 4.43. The maximum absolute atomic E-state index is 14.0. The SMILES string of the molecule is Cc1cc(CN(CC(=O)Nc2ccc(F)cc2F)C2CCCC(C)C2)ccc1OC(C)C(=O)O. The van der Waals surface area contributed by atoms with E-state index in [1.807, 2.05) is 19.1 Å². The van der Waals surface area contributed by atoms with E-state index in [1.165, 1.54) is 13.0 Å². The zero-order chi connectivity index (χ0) is 24.8. The van der Waals surface area contributed by atoms with Crippen LogP contribution in [0.3, 0.4) is 0 Å². The van der Waals surface area contributed by atoms with Crippen molar-refractivity contribution in [3.63, 3.8) is 0 Å². The smallest absolute Gasteiger partial charge is 0.344 e.